The Hall–Kier alpha value is -2.82. The zero-order valence-electron chi connectivity index (χ0n) is 17.7. The highest BCUT2D eigenvalue weighted by atomic mass is 16.5. The molecule has 5 heteroatoms. The van der Waals surface area contributed by atoms with E-state index in [1.54, 1.807) is 24.3 Å². The summed E-state index contributed by atoms with van der Waals surface area (Å²) in [5.74, 6) is 0.697. The van der Waals surface area contributed by atoms with Crippen LogP contribution >= 0.6 is 0 Å². The number of carbonyl (C=O) groups is 2. The fraction of sp³-hybridized carbons (Fsp3) is 0.417. The Kier molecular flexibility index (Phi) is 6.57. The third kappa shape index (κ3) is 5.17. The molecule has 1 N–H and O–H groups in total. The minimum Gasteiger partial charge on any atom is -0.491 e. The minimum atomic E-state index is -0.0901. The Labute approximate surface area is 173 Å². The first kappa shape index (κ1) is 20.9. The summed E-state index contributed by atoms with van der Waals surface area (Å²) < 4.78 is 5.95. The van der Waals surface area contributed by atoms with E-state index in [1.165, 1.54) is 0 Å². The van der Waals surface area contributed by atoms with Gasteiger partial charge in [-0.25, -0.2) is 0 Å². The van der Waals surface area contributed by atoms with Crippen molar-refractivity contribution in [3.8, 4) is 5.75 Å². The van der Waals surface area contributed by atoms with Gasteiger partial charge in [0.2, 0.25) is 0 Å². The molecular weight excluding hydrogens is 364 g/mol. The molecule has 3 rings (SSSR count). The molecule has 0 saturated carbocycles. The molecule has 1 fully saturated rings. The summed E-state index contributed by atoms with van der Waals surface area (Å²) in [5.41, 5.74) is 3.48. The van der Waals surface area contributed by atoms with Crippen molar-refractivity contribution in [3.63, 3.8) is 0 Å². The van der Waals surface area contributed by atoms with E-state index >= 15 is 0 Å². The van der Waals surface area contributed by atoms with Gasteiger partial charge in [-0.3, -0.25) is 9.59 Å². The highest BCUT2D eigenvalue weighted by molar-refractivity contribution is 5.96. The minimum absolute atomic E-state index is 0.0614. The van der Waals surface area contributed by atoms with E-state index < -0.39 is 0 Å². The fourth-order valence-corrected chi connectivity index (χ4v) is 3.64. The molecular formula is C24H30N2O3. The molecule has 29 heavy (non-hydrogen) atoms. The number of likely N-dealkylation sites (tertiary alicyclic amines) is 1. The Morgan fingerprint density at radius 1 is 1.14 bits per heavy atom. The van der Waals surface area contributed by atoms with Crippen LogP contribution in [0.5, 0.6) is 5.75 Å². The molecule has 5 nitrogen and oxygen atoms in total. The third-order valence-electron chi connectivity index (χ3n) is 5.24. The van der Waals surface area contributed by atoms with Crippen LogP contribution in [0.2, 0.25) is 0 Å². The largest absolute Gasteiger partial charge is 0.491 e. The Bertz CT molecular complexity index is 874. The lowest BCUT2D eigenvalue weighted by molar-refractivity contribution is 0.0690. The van der Waals surface area contributed by atoms with Crippen LogP contribution in [0.1, 0.15) is 58.5 Å². The number of hydrogen-bond acceptors (Lipinski definition) is 3. The van der Waals surface area contributed by atoms with Gasteiger partial charge in [0, 0.05) is 23.7 Å². The van der Waals surface area contributed by atoms with Crippen molar-refractivity contribution in [2.45, 2.75) is 52.6 Å². The lowest BCUT2D eigenvalue weighted by Crippen LogP contribution is -2.39. The van der Waals surface area contributed by atoms with E-state index in [2.05, 4.69) is 5.32 Å². The quantitative estimate of drug-likeness (QED) is 0.802. The monoisotopic (exact) mass is 394 g/mol. The van der Waals surface area contributed by atoms with Crippen LogP contribution in [0, 0.1) is 13.8 Å². The predicted molar refractivity (Wildman–Crippen MR) is 115 cm³/mol. The molecule has 2 amide bonds. The van der Waals surface area contributed by atoms with Crippen molar-refractivity contribution in [1.82, 2.24) is 10.2 Å². The smallest absolute Gasteiger partial charge is 0.254 e. The zero-order valence-corrected chi connectivity index (χ0v) is 17.7. The average molecular weight is 395 g/mol. The van der Waals surface area contributed by atoms with Crippen molar-refractivity contribution >= 4 is 11.8 Å². The Balaban J connectivity index is 1.62. The maximum atomic E-state index is 13.1. The maximum absolute atomic E-state index is 13.1. The molecule has 1 heterocycles. The number of ether oxygens (including phenoxy) is 1. The van der Waals surface area contributed by atoms with Gasteiger partial charge in [-0.2, -0.15) is 0 Å². The summed E-state index contributed by atoms with van der Waals surface area (Å²) in [5, 5.41) is 2.87. The van der Waals surface area contributed by atoms with Crippen LogP contribution < -0.4 is 10.1 Å². The molecule has 1 atom stereocenters. The summed E-state index contributed by atoms with van der Waals surface area (Å²) in [6, 6.07) is 13.3. The molecule has 0 bridgehead atoms. The van der Waals surface area contributed by atoms with Gasteiger partial charge in [-0.05, 0) is 76.4 Å². The molecule has 0 aromatic heterocycles. The number of nitrogens with one attached hydrogen (secondary N) is 1. The number of benzene rings is 2. The highest BCUT2D eigenvalue weighted by Gasteiger charge is 2.30. The van der Waals surface area contributed by atoms with Gasteiger partial charge < -0.3 is 15.0 Å². The summed E-state index contributed by atoms with van der Waals surface area (Å²) in [7, 11) is 0. The molecule has 1 saturated heterocycles. The van der Waals surface area contributed by atoms with E-state index in [0.717, 1.165) is 36.1 Å². The van der Waals surface area contributed by atoms with Gasteiger partial charge in [-0.15, -0.1) is 0 Å². The van der Waals surface area contributed by atoms with Crippen molar-refractivity contribution in [2.24, 2.45) is 0 Å². The number of aryl methyl sites for hydroxylation is 2. The van der Waals surface area contributed by atoms with Crippen LogP contribution in [0.25, 0.3) is 0 Å². The molecule has 1 aliphatic rings. The molecule has 2 aromatic rings. The van der Waals surface area contributed by atoms with Crippen molar-refractivity contribution in [1.29, 1.82) is 0 Å². The number of carbonyl (C=O) groups excluding carboxylic acids is 2. The summed E-state index contributed by atoms with van der Waals surface area (Å²) >= 11 is 0. The molecule has 2 aromatic carbocycles. The Morgan fingerprint density at radius 2 is 1.86 bits per heavy atom. The number of amides is 2. The Morgan fingerprint density at radius 3 is 2.55 bits per heavy atom. The van der Waals surface area contributed by atoms with E-state index in [-0.39, 0.29) is 23.9 Å². The topological polar surface area (TPSA) is 58.6 Å². The van der Waals surface area contributed by atoms with Gasteiger partial charge in [0.25, 0.3) is 11.8 Å². The van der Waals surface area contributed by atoms with Crippen molar-refractivity contribution in [3.05, 3.63) is 64.7 Å². The maximum Gasteiger partial charge on any atom is 0.254 e. The fourth-order valence-electron chi connectivity index (χ4n) is 3.64. The molecule has 1 aliphatic heterocycles. The summed E-state index contributed by atoms with van der Waals surface area (Å²) in [4.78, 5) is 27.1. The van der Waals surface area contributed by atoms with Crippen LogP contribution in [-0.4, -0.2) is 41.9 Å². The van der Waals surface area contributed by atoms with Crippen molar-refractivity contribution in [2.75, 3.05) is 13.2 Å². The first-order valence-corrected chi connectivity index (χ1v) is 10.3. The van der Waals surface area contributed by atoms with Gasteiger partial charge >= 0.3 is 0 Å². The van der Waals surface area contributed by atoms with Gasteiger partial charge in [0.05, 0.1) is 6.04 Å². The second-order valence-corrected chi connectivity index (χ2v) is 8.08. The normalized spacial score (nSPS) is 16.2. The highest BCUT2D eigenvalue weighted by Crippen LogP contribution is 2.23. The van der Waals surface area contributed by atoms with Crippen LogP contribution in [0.4, 0.5) is 0 Å². The van der Waals surface area contributed by atoms with Gasteiger partial charge in [0.1, 0.15) is 12.4 Å². The zero-order chi connectivity index (χ0) is 21.0. The number of nitrogens with zero attached hydrogens (tertiary/aromatic N) is 1. The lowest BCUT2D eigenvalue weighted by atomic mass is 10.0. The van der Waals surface area contributed by atoms with E-state index in [1.807, 2.05) is 50.8 Å². The van der Waals surface area contributed by atoms with Crippen LogP contribution in [0.3, 0.4) is 0 Å². The average Bonchev–Trinajstić information content (AvgIpc) is 3.16. The standard InChI is InChI=1S/C24H30N2O3/c1-16(2)25-23(27)19-9-11-21(12-10-19)29-15-20-6-5-13-26(20)24(28)22-14-17(3)7-8-18(22)4/h7-12,14,16,20H,5-6,13,15H2,1-4H3,(H,25,27). The summed E-state index contributed by atoms with van der Waals surface area (Å²) in [6.45, 7) is 9.06. The molecule has 1 unspecified atom stereocenters. The van der Waals surface area contributed by atoms with Gasteiger partial charge in [0.15, 0.2) is 0 Å². The lowest BCUT2D eigenvalue weighted by Gasteiger charge is -2.25. The van der Waals surface area contributed by atoms with Crippen LogP contribution in [-0.2, 0) is 0 Å². The van der Waals surface area contributed by atoms with E-state index in [9.17, 15) is 9.59 Å². The first-order chi connectivity index (χ1) is 13.8. The second-order valence-electron chi connectivity index (χ2n) is 8.08. The summed E-state index contributed by atoms with van der Waals surface area (Å²) in [6.07, 6.45) is 1.92. The SMILES string of the molecule is Cc1ccc(C)c(C(=O)N2CCCC2COc2ccc(C(=O)NC(C)C)cc2)c1. The van der Waals surface area contributed by atoms with E-state index in [4.69, 9.17) is 4.74 Å². The second kappa shape index (κ2) is 9.12. The molecule has 0 spiro atoms. The van der Waals surface area contributed by atoms with Crippen molar-refractivity contribution < 1.29 is 14.3 Å². The first-order valence-electron chi connectivity index (χ1n) is 10.3. The number of rotatable bonds is 6. The number of hydrogen-bond donors (Lipinski definition) is 1. The molecule has 154 valence electrons. The third-order valence-corrected chi connectivity index (χ3v) is 5.24. The van der Waals surface area contributed by atoms with Gasteiger partial charge in [-0.1, -0.05) is 17.7 Å². The predicted octanol–water partition coefficient (Wildman–Crippen LogP) is 4.13. The molecule has 0 radical (unpaired) electrons. The van der Waals surface area contributed by atoms with E-state index in [0.29, 0.717) is 17.9 Å². The molecule has 0 aliphatic carbocycles. The van der Waals surface area contributed by atoms with Crippen LogP contribution in [0.15, 0.2) is 42.5 Å².